The van der Waals surface area contributed by atoms with Crippen LogP contribution in [0.3, 0.4) is 0 Å². The number of ether oxygens (including phenoxy) is 1. The van der Waals surface area contributed by atoms with Gasteiger partial charge in [0.05, 0.1) is 28.0 Å². The minimum Gasteiger partial charge on any atom is -0.444 e. The average molecular weight is 626 g/mol. The Bertz CT molecular complexity index is 1930. The number of aromatic nitrogens is 5. The molecule has 1 aliphatic rings. The zero-order valence-corrected chi connectivity index (χ0v) is 26.8. The Balaban J connectivity index is 1.70. The Hall–Kier alpha value is -4.30. The first-order valence-electron chi connectivity index (χ1n) is 14.1. The summed E-state index contributed by atoms with van der Waals surface area (Å²) in [5.74, 6) is 0.0235. The first kappa shape index (κ1) is 31.1. The van der Waals surface area contributed by atoms with Crippen molar-refractivity contribution in [2.24, 2.45) is 0 Å². The van der Waals surface area contributed by atoms with Gasteiger partial charge in [-0.25, -0.2) is 36.4 Å². The fourth-order valence-electron chi connectivity index (χ4n) is 5.45. The van der Waals surface area contributed by atoms with E-state index in [4.69, 9.17) is 9.84 Å². The van der Waals surface area contributed by atoms with Crippen LogP contribution in [0.25, 0.3) is 17.2 Å². The van der Waals surface area contributed by atoms with E-state index in [0.717, 1.165) is 0 Å². The second kappa shape index (κ2) is 11.0. The molecule has 0 radical (unpaired) electrons. The molecule has 0 spiro atoms. The van der Waals surface area contributed by atoms with E-state index in [1.165, 1.54) is 40.8 Å². The van der Waals surface area contributed by atoms with Crippen molar-refractivity contribution in [3.63, 3.8) is 0 Å². The van der Waals surface area contributed by atoms with E-state index in [1.807, 2.05) is 6.92 Å². The van der Waals surface area contributed by atoms with Crippen molar-refractivity contribution in [1.29, 1.82) is 0 Å². The first-order chi connectivity index (χ1) is 20.5. The number of carbonyl (C=O) groups excluding carboxylic acids is 1. The number of nitrogens with zero attached hydrogens (tertiary/aromatic N) is 6. The number of aryl methyl sites for hydroxylation is 3. The molecule has 2 aromatic heterocycles. The molecule has 1 amide bonds. The number of sulfonamides is 1. The quantitative estimate of drug-likeness (QED) is 0.354. The Morgan fingerprint density at radius 3 is 2.32 bits per heavy atom. The molecular weight excluding hydrogens is 589 g/mol. The van der Waals surface area contributed by atoms with Crippen LogP contribution in [-0.4, -0.2) is 62.7 Å². The van der Waals surface area contributed by atoms with Crippen LogP contribution in [-0.2, 0) is 21.2 Å². The Morgan fingerprint density at radius 1 is 1.07 bits per heavy atom. The van der Waals surface area contributed by atoms with Crippen LogP contribution in [0.1, 0.15) is 61.7 Å². The molecule has 0 fully saturated rings. The number of carbonyl (C=O) groups is 1. The highest BCUT2D eigenvalue weighted by atomic mass is 32.2. The van der Waals surface area contributed by atoms with E-state index in [1.54, 1.807) is 63.3 Å². The molecule has 1 atom stereocenters. The van der Waals surface area contributed by atoms with Gasteiger partial charge in [-0.1, -0.05) is 0 Å². The summed E-state index contributed by atoms with van der Waals surface area (Å²) in [6, 6.07) is 7.16. The van der Waals surface area contributed by atoms with Gasteiger partial charge >= 0.3 is 11.8 Å². The molecule has 0 saturated carbocycles. The highest BCUT2D eigenvalue weighted by molar-refractivity contribution is 7.89. The number of halogens is 1. The SMILES string of the molecule is CNS(=O)(=O)c1ccc(-n2ncn(-c3c4c(nn3-c3cc(C)c(F)c(C)c3)CCN(C(=O)OC(C)(C)C)[C@H]4C)c2=O)c(C)c1. The van der Waals surface area contributed by atoms with Crippen molar-refractivity contribution in [3.05, 3.63) is 80.9 Å². The zero-order valence-electron chi connectivity index (χ0n) is 26.0. The van der Waals surface area contributed by atoms with Crippen molar-refractivity contribution in [2.45, 2.75) is 71.4 Å². The van der Waals surface area contributed by atoms with E-state index < -0.39 is 33.4 Å². The van der Waals surface area contributed by atoms with Crippen LogP contribution in [0.5, 0.6) is 0 Å². The molecule has 234 valence electrons. The highest BCUT2D eigenvalue weighted by Crippen LogP contribution is 2.36. The minimum absolute atomic E-state index is 0.0546. The third-order valence-corrected chi connectivity index (χ3v) is 9.03. The lowest BCUT2D eigenvalue weighted by molar-refractivity contribution is 0.0159. The van der Waals surface area contributed by atoms with Crippen molar-refractivity contribution in [1.82, 2.24) is 33.8 Å². The summed E-state index contributed by atoms with van der Waals surface area (Å²) < 4.78 is 51.3. The molecule has 0 aliphatic carbocycles. The molecule has 4 aromatic rings. The van der Waals surface area contributed by atoms with Crippen molar-refractivity contribution < 1.29 is 22.3 Å². The van der Waals surface area contributed by atoms with Gasteiger partial charge in [0.1, 0.15) is 17.7 Å². The summed E-state index contributed by atoms with van der Waals surface area (Å²) in [7, 11) is -2.37. The number of benzene rings is 2. The molecular formula is C30H36FN7O5S. The summed E-state index contributed by atoms with van der Waals surface area (Å²) in [5.41, 5.74) is 2.35. The normalized spacial score (nSPS) is 15.4. The van der Waals surface area contributed by atoms with Gasteiger partial charge in [-0.3, -0.25) is 0 Å². The van der Waals surface area contributed by atoms with E-state index in [9.17, 15) is 22.4 Å². The van der Waals surface area contributed by atoms with Crippen LogP contribution >= 0.6 is 0 Å². The smallest absolute Gasteiger partial charge is 0.410 e. The maximum Gasteiger partial charge on any atom is 0.410 e. The van der Waals surface area contributed by atoms with Crippen molar-refractivity contribution in [2.75, 3.05) is 13.6 Å². The number of nitrogens with one attached hydrogen (secondary N) is 1. The second-order valence-electron chi connectivity index (χ2n) is 11.9. The van der Waals surface area contributed by atoms with E-state index in [0.29, 0.717) is 58.1 Å². The van der Waals surface area contributed by atoms with Gasteiger partial charge in [0.25, 0.3) is 0 Å². The van der Waals surface area contributed by atoms with Crippen LogP contribution < -0.4 is 10.4 Å². The lowest BCUT2D eigenvalue weighted by atomic mass is 10.00. The summed E-state index contributed by atoms with van der Waals surface area (Å²) >= 11 is 0. The molecule has 3 heterocycles. The van der Waals surface area contributed by atoms with E-state index >= 15 is 0 Å². The van der Waals surface area contributed by atoms with Gasteiger partial charge < -0.3 is 9.64 Å². The molecule has 14 heteroatoms. The monoisotopic (exact) mass is 625 g/mol. The Morgan fingerprint density at radius 2 is 1.73 bits per heavy atom. The van der Waals surface area contributed by atoms with Crippen LogP contribution in [0, 0.1) is 26.6 Å². The molecule has 5 rings (SSSR count). The molecule has 44 heavy (non-hydrogen) atoms. The Kier molecular flexibility index (Phi) is 7.79. The summed E-state index contributed by atoms with van der Waals surface area (Å²) in [4.78, 5) is 28.9. The first-order valence-corrected chi connectivity index (χ1v) is 15.6. The van der Waals surface area contributed by atoms with Gasteiger partial charge in [0.15, 0.2) is 5.82 Å². The van der Waals surface area contributed by atoms with Crippen molar-refractivity contribution in [3.8, 4) is 17.2 Å². The van der Waals surface area contributed by atoms with Gasteiger partial charge in [0, 0.05) is 18.5 Å². The van der Waals surface area contributed by atoms with Gasteiger partial charge in [-0.05, 0) is 103 Å². The van der Waals surface area contributed by atoms with Gasteiger partial charge in [-0.15, -0.1) is 0 Å². The van der Waals surface area contributed by atoms with Crippen molar-refractivity contribution >= 4 is 16.1 Å². The molecule has 12 nitrogen and oxygen atoms in total. The second-order valence-corrected chi connectivity index (χ2v) is 13.8. The third-order valence-electron chi connectivity index (χ3n) is 7.62. The zero-order chi connectivity index (χ0) is 32.3. The fourth-order valence-corrected chi connectivity index (χ4v) is 6.26. The maximum absolute atomic E-state index is 14.6. The van der Waals surface area contributed by atoms with Crippen LogP contribution in [0.2, 0.25) is 0 Å². The molecule has 0 saturated heterocycles. The number of rotatable bonds is 5. The number of fused-ring (bicyclic) bond motifs is 1. The molecule has 0 unspecified atom stereocenters. The predicted molar refractivity (Wildman–Crippen MR) is 162 cm³/mol. The Labute approximate surface area is 255 Å². The standard InChI is InChI=1S/C30H36FN7O5S/c1-17-15-22(44(41,42)32-8)9-10-24(17)38-28(39)36(16-33-38)27-25-20(4)35(29(40)43-30(5,6)7)12-11-23(25)34-37(27)21-13-18(2)26(31)19(3)14-21/h9-10,13-16,20,32H,11-12H2,1-8H3/t20-/m0/s1. The summed E-state index contributed by atoms with van der Waals surface area (Å²) in [5, 5.41) is 9.23. The summed E-state index contributed by atoms with van der Waals surface area (Å²) in [6.45, 7) is 12.6. The van der Waals surface area contributed by atoms with E-state index in [2.05, 4.69) is 9.82 Å². The molecule has 0 bridgehead atoms. The van der Waals surface area contributed by atoms with Gasteiger partial charge in [0.2, 0.25) is 10.0 Å². The topological polar surface area (TPSA) is 133 Å². The third kappa shape index (κ3) is 5.43. The lowest BCUT2D eigenvalue weighted by Crippen LogP contribution is -2.42. The molecule has 1 aliphatic heterocycles. The lowest BCUT2D eigenvalue weighted by Gasteiger charge is -2.34. The highest BCUT2D eigenvalue weighted by Gasteiger charge is 2.37. The fraction of sp³-hybridized carbons (Fsp3) is 0.400. The predicted octanol–water partition coefficient (Wildman–Crippen LogP) is 4.04. The van der Waals surface area contributed by atoms with E-state index in [-0.39, 0.29) is 10.7 Å². The van der Waals surface area contributed by atoms with Crippen LogP contribution in [0.4, 0.5) is 9.18 Å². The van der Waals surface area contributed by atoms with Crippen LogP contribution in [0.15, 0.2) is 46.3 Å². The molecule has 2 aromatic carbocycles. The number of hydrogen-bond acceptors (Lipinski definition) is 7. The summed E-state index contributed by atoms with van der Waals surface area (Å²) in [6.07, 6.45) is 1.27. The largest absolute Gasteiger partial charge is 0.444 e. The maximum atomic E-state index is 14.6. The number of amides is 1. The minimum atomic E-state index is -3.69. The average Bonchev–Trinajstić information content (AvgIpc) is 3.51. The number of hydrogen-bond donors (Lipinski definition) is 1. The van der Waals surface area contributed by atoms with Gasteiger partial charge in [-0.2, -0.15) is 14.9 Å². The molecule has 1 N–H and O–H groups in total.